The highest BCUT2D eigenvalue weighted by Gasteiger charge is 2.21. The van der Waals surface area contributed by atoms with Gasteiger partial charge in [-0.1, -0.05) is 19.8 Å². The van der Waals surface area contributed by atoms with Crippen LogP contribution >= 0.6 is 0 Å². The van der Waals surface area contributed by atoms with Crippen LogP contribution in [0.2, 0.25) is 0 Å². The van der Waals surface area contributed by atoms with Crippen LogP contribution in [0.15, 0.2) is 0 Å². The van der Waals surface area contributed by atoms with Crippen LogP contribution in [0, 0.1) is 0 Å². The molecule has 0 radical (unpaired) electrons. The van der Waals surface area contributed by atoms with E-state index < -0.39 is 0 Å². The third kappa shape index (κ3) is 2.46. The first-order valence-corrected chi connectivity index (χ1v) is 4.79. The molecule has 0 heterocycles. The van der Waals surface area contributed by atoms with Crippen molar-refractivity contribution < 1.29 is 0 Å². The van der Waals surface area contributed by atoms with Gasteiger partial charge in [0.05, 0.1) is 0 Å². The van der Waals surface area contributed by atoms with Gasteiger partial charge in [0.15, 0.2) is 0 Å². The molecular formula is C9H20N2. The average Bonchev–Trinajstić information content (AvgIpc) is 2.06. The Labute approximate surface area is 69.8 Å². The van der Waals surface area contributed by atoms with Gasteiger partial charge in [-0.3, -0.25) is 0 Å². The second kappa shape index (κ2) is 4.73. The van der Waals surface area contributed by atoms with Gasteiger partial charge in [-0.2, -0.15) is 0 Å². The fraction of sp³-hybridized carbons (Fsp3) is 1.00. The molecule has 0 aromatic heterocycles. The smallest absolute Gasteiger partial charge is 0.0220 e. The molecule has 2 unspecified atom stereocenters. The summed E-state index contributed by atoms with van der Waals surface area (Å²) in [6, 6.07) is 1.43. The van der Waals surface area contributed by atoms with Crippen molar-refractivity contribution in [2.45, 2.75) is 44.7 Å². The highest BCUT2D eigenvalue weighted by Crippen LogP contribution is 2.17. The van der Waals surface area contributed by atoms with Crippen LogP contribution in [0.25, 0.3) is 0 Å². The Kier molecular flexibility index (Phi) is 3.87. The Morgan fingerprint density at radius 3 is 2.36 bits per heavy atom. The van der Waals surface area contributed by atoms with Crippen molar-refractivity contribution in [3.8, 4) is 0 Å². The van der Waals surface area contributed by atoms with E-state index in [9.17, 15) is 0 Å². The van der Waals surface area contributed by atoms with Crippen LogP contribution in [-0.4, -0.2) is 25.7 Å². The molecule has 2 nitrogen and oxygen atoms in total. The minimum atomic E-state index is 0.712. The molecule has 1 aliphatic rings. The Balaban J connectivity index is 2.31. The zero-order valence-electron chi connectivity index (χ0n) is 7.69. The Hall–Kier alpha value is -0.0800. The van der Waals surface area contributed by atoms with Crippen molar-refractivity contribution in [2.24, 2.45) is 0 Å². The monoisotopic (exact) mass is 156 g/mol. The largest absolute Gasteiger partial charge is 0.315 e. The summed E-state index contributed by atoms with van der Waals surface area (Å²) in [6.45, 7) is 3.28. The molecule has 2 heteroatoms. The Bertz CT molecular complexity index is 102. The van der Waals surface area contributed by atoms with Crippen LogP contribution in [0.1, 0.15) is 32.6 Å². The topological polar surface area (TPSA) is 24.1 Å². The second-order valence-corrected chi connectivity index (χ2v) is 3.34. The zero-order chi connectivity index (χ0) is 8.10. The molecule has 0 spiro atoms. The highest BCUT2D eigenvalue weighted by atomic mass is 15.0. The van der Waals surface area contributed by atoms with Gasteiger partial charge in [0, 0.05) is 12.1 Å². The lowest BCUT2D eigenvalue weighted by molar-refractivity contribution is 0.300. The van der Waals surface area contributed by atoms with E-state index in [1.807, 2.05) is 0 Å². The predicted octanol–water partition coefficient (Wildman–Crippen LogP) is 1.13. The molecule has 1 fully saturated rings. The van der Waals surface area contributed by atoms with E-state index >= 15 is 0 Å². The SMILES string of the molecule is CCNC1CCCCC1NC. The number of hydrogen-bond acceptors (Lipinski definition) is 2. The summed E-state index contributed by atoms with van der Waals surface area (Å²) in [4.78, 5) is 0. The van der Waals surface area contributed by atoms with E-state index in [0.717, 1.165) is 12.6 Å². The molecule has 1 saturated carbocycles. The molecule has 66 valence electrons. The molecular weight excluding hydrogens is 136 g/mol. The van der Waals surface area contributed by atoms with Crippen LogP contribution in [-0.2, 0) is 0 Å². The molecule has 1 rings (SSSR count). The first kappa shape index (κ1) is 9.01. The van der Waals surface area contributed by atoms with Crippen molar-refractivity contribution in [1.82, 2.24) is 10.6 Å². The van der Waals surface area contributed by atoms with Gasteiger partial charge in [-0.05, 0) is 26.4 Å². The lowest BCUT2D eigenvalue weighted by Crippen LogP contribution is -2.48. The van der Waals surface area contributed by atoms with Crippen LogP contribution in [0.4, 0.5) is 0 Å². The summed E-state index contributed by atoms with van der Waals surface area (Å²) in [5.74, 6) is 0. The van der Waals surface area contributed by atoms with E-state index in [-0.39, 0.29) is 0 Å². The zero-order valence-corrected chi connectivity index (χ0v) is 7.69. The molecule has 2 N–H and O–H groups in total. The van der Waals surface area contributed by atoms with Gasteiger partial charge < -0.3 is 10.6 Å². The van der Waals surface area contributed by atoms with Gasteiger partial charge in [-0.15, -0.1) is 0 Å². The third-order valence-electron chi connectivity index (χ3n) is 2.60. The molecule has 0 aromatic carbocycles. The second-order valence-electron chi connectivity index (χ2n) is 3.34. The molecule has 1 aliphatic carbocycles. The molecule has 11 heavy (non-hydrogen) atoms. The quantitative estimate of drug-likeness (QED) is 0.640. The van der Waals surface area contributed by atoms with Crippen molar-refractivity contribution in [1.29, 1.82) is 0 Å². The summed E-state index contributed by atoms with van der Waals surface area (Å²) < 4.78 is 0. The third-order valence-corrected chi connectivity index (χ3v) is 2.60. The normalized spacial score (nSPS) is 32.2. The van der Waals surface area contributed by atoms with Crippen molar-refractivity contribution in [3.63, 3.8) is 0 Å². The maximum Gasteiger partial charge on any atom is 0.0220 e. The molecule has 2 atom stereocenters. The molecule has 0 amide bonds. The van der Waals surface area contributed by atoms with E-state index in [2.05, 4.69) is 24.6 Å². The maximum atomic E-state index is 3.52. The Morgan fingerprint density at radius 2 is 1.82 bits per heavy atom. The molecule has 0 saturated heterocycles. The Morgan fingerprint density at radius 1 is 1.18 bits per heavy atom. The van der Waals surface area contributed by atoms with E-state index in [1.165, 1.54) is 25.7 Å². The minimum absolute atomic E-state index is 0.712. The fourth-order valence-corrected chi connectivity index (χ4v) is 1.98. The van der Waals surface area contributed by atoms with Crippen molar-refractivity contribution in [2.75, 3.05) is 13.6 Å². The first-order valence-electron chi connectivity index (χ1n) is 4.79. The van der Waals surface area contributed by atoms with Gasteiger partial charge in [0.1, 0.15) is 0 Å². The number of hydrogen-bond donors (Lipinski definition) is 2. The predicted molar refractivity (Wildman–Crippen MR) is 48.8 cm³/mol. The summed E-state index contributed by atoms with van der Waals surface area (Å²) in [5, 5.41) is 6.90. The van der Waals surface area contributed by atoms with Crippen LogP contribution < -0.4 is 10.6 Å². The highest BCUT2D eigenvalue weighted by molar-refractivity contribution is 4.84. The number of nitrogens with one attached hydrogen (secondary N) is 2. The van der Waals surface area contributed by atoms with E-state index in [4.69, 9.17) is 0 Å². The average molecular weight is 156 g/mol. The summed E-state index contributed by atoms with van der Waals surface area (Å²) in [5.41, 5.74) is 0. The van der Waals surface area contributed by atoms with E-state index in [1.54, 1.807) is 0 Å². The van der Waals surface area contributed by atoms with Crippen LogP contribution in [0.5, 0.6) is 0 Å². The minimum Gasteiger partial charge on any atom is -0.315 e. The molecule has 0 aliphatic heterocycles. The van der Waals surface area contributed by atoms with Crippen molar-refractivity contribution in [3.05, 3.63) is 0 Å². The maximum absolute atomic E-state index is 3.52. The van der Waals surface area contributed by atoms with Crippen molar-refractivity contribution >= 4 is 0 Å². The van der Waals surface area contributed by atoms with E-state index in [0.29, 0.717) is 6.04 Å². The summed E-state index contributed by atoms with van der Waals surface area (Å²) in [6.07, 6.45) is 5.48. The van der Waals surface area contributed by atoms with Gasteiger partial charge in [0.2, 0.25) is 0 Å². The molecule has 0 bridgehead atoms. The number of likely N-dealkylation sites (N-methyl/N-ethyl adjacent to an activating group) is 2. The fourth-order valence-electron chi connectivity index (χ4n) is 1.98. The first-order chi connectivity index (χ1) is 5.38. The van der Waals surface area contributed by atoms with Crippen LogP contribution in [0.3, 0.4) is 0 Å². The summed E-state index contributed by atoms with van der Waals surface area (Å²) in [7, 11) is 2.07. The lowest BCUT2D eigenvalue weighted by Gasteiger charge is -2.31. The standard InChI is InChI=1S/C9H20N2/c1-3-11-9-7-5-4-6-8(9)10-2/h8-11H,3-7H2,1-2H3. The summed E-state index contributed by atoms with van der Waals surface area (Å²) >= 11 is 0. The van der Waals surface area contributed by atoms with Gasteiger partial charge in [-0.25, -0.2) is 0 Å². The van der Waals surface area contributed by atoms with Gasteiger partial charge >= 0.3 is 0 Å². The lowest BCUT2D eigenvalue weighted by atomic mass is 9.90. The number of rotatable bonds is 3. The molecule has 0 aromatic rings. The van der Waals surface area contributed by atoms with Gasteiger partial charge in [0.25, 0.3) is 0 Å².